The highest BCUT2D eigenvalue weighted by Gasteiger charge is 2.19. The molecule has 1 aliphatic rings. The number of rotatable bonds is 2. The Hall–Kier alpha value is -1.75. The number of fused-ring (bicyclic) bond motifs is 1. The number of hydrogen-bond acceptors (Lipinski definition) is 4. The highest BCUT2D eigenvalue weighted by molar-refractivity contribution is 9.10. The molecule has 1 aromatic heterocycles. The Balaban J connectivity index is 1.98. The number of halogens is 1. The summed E-state index contributed by atoms with van der Waals surface area (Å²) in [6.45, 7) is 1.03. The van der Waals surface area contributed by atoms with E-state index in [1.54, 1.807) is 24.3 Å². The maximum absolute atomic E-state index is 12.2. The second kappa shape index (κ2) is 4.49. The number of hydrogen-bond donors (Lipinski definition) is 0. The van der Waals surface area contributed by atoms with Gasteiger partial charge in [0.1, 0.15) is 13.2 Å². The quantitative estimate of drug-likeness (QED) is 0.800. The van der Waals surface area contributed by atoms with Crippen LogP contribution in [-0.4, -0.2) is 19.0 Å². The molecule has 3 rings (SSSR count). The van der Waals surface area contributed by atoms with E-state index in [0.717, 1.165) is 0 Å². The maximum Gasteiger partial charge on any atom is 0.229 e. The summed E-state index contributed by atoms with van der Waals surface area (Å²) in [5.41, 5.74) is 0.509. The molecule has 92 valence electrons. The van der Waals surface area contributed by atoms with Gasteiger partial charge in [-0.15, -0.1) is 0 Å². The monoisotopic (exact) mass is 308 g/mol. The Labute approximate surface area is 112 Å². The van der Waals surface area contributed by atoms with E-state index in [1.165, 1.54) is 6.26 Å². The Kier molecular flexibility index (Phi) is 2.83. The van der Waals surface area contributed by atoms with Gasteiger partial charge >= 0.3 is 0 Å². The van der Waals surface area contributed by atoms with Gasteiger partial charge in [-0.25, -0.2) is 0 Å². The van der Waals surface area contributed by atoms with Crippen molar-refractivity contribution in [1.82, 2.24) is 0 Å². The number of furan rings is 1. The van der Waals surface area contributed by atoms with E-state index in [2.05, 4.69) is 15.9 Å². The van der Waals surface area contributed by atoms with Crippen LogP contribution in [0.2, 0.25) is 0 Å². The first-order valence-corrected chi connectivity index (χ1v) is 6.22. The SMILES string of the molecule is O=C(c1ccc2c(c1)OCCO2)c1occc1Br. The molecule has 5 heteroatoms. The number of carbonyl (C=O) groups is 1. The Morgan fingerprint density at radius 2 is 1.89 bits per heavy atom. The van der Waals surface area contributed by atoms with Gasteiger partial charge in [0.2, 0.25) is 5.78 Å². The number of ketones is 1. The zero-order chi connectivity index (χ0) is 12.5. The molecule has 18 heavy (non-hydrogen) atoms. The van der Waals surface area contributed by atoms with Crippen LogP contribution < -0.4 is 9.47 Å². The van der Waals surface area contributed by atoms with Gasteiger partial charge in [-0.1, -0.05) is 0 Å². The van der Waals surface area contributed by atoms with E-state index in [0.29, 0.717) is 34.7 Å². The summed E-state index contributed by atoms with van der Waals surface area (Å²) >= 11 is 3.27. The van der Waals surface area contributed by atoms with Crippen LogP contribution in [-0.2, 0) is 0 Å². The normalized spacial score (nSPS) is 13.4. The first-order chi connectivity index (χ1) is 8.75. The van der Waals surface area contributed by atoms with Crippen molar-refractivity contribution in [3.63, 3.8) is 0 Å². The first kappa shape index (κ1) is 11.3. The molecule has 0 atom stereocenters. The van der Waals surface area contributed by atoms with Gasteiger partial charge in [-0.3, -0.25) is 4.79 Å². The second-order valence-corrected chi connectivity index (χ2v) is 4.64. The van der Waals surface area contributed by atoms with Crippen molar-refractivity contribution in [2.75, 3.05) is 13.2 Å². The predicted molar refractivity (Wildman–Crippen MR) is 67.3 cm³/mol. The average Bonchev–Trinajstić information content (AvgIpc) is 2.83. The number of benzene rings is 1. The molecule has 0 saturated heterocycles. The smallest absolute Gasteiger partial charge is 0.229 e. The van der Waals surface area contributed by atoms with E-state index in [4.69, 9.17) is 13.9 Å². The third kappa shape index (κ3) is 1.90. The molecule has 0 amide bonds. The number of carbonyl (C=O) groups excluding carboxylic acids is 1. The molecule has 0 fully saturated rings. The minimum Gasteiger partial charge on any atom is -0.486 e. The number of ether oxygens (including phenoxy) is 2. The lowest BCUT2D eigenvalue weighted by atomic mass is 10.1. The zero-order valence-electron chi connectivity index (χ0n) is 9.31. The molecule has 0 N–H and O–H groups in total. The topological polar surface area (TPSA) is 48.7 Å². The van der Waals surface area contributed by atoms with Crippen LogP contribution in [0.4, 0.5) is 0 Å². The lowest BCUT2D eigenvalue weighted by Gasteiger charge is -2.18. The van der Waals surface area contributed by atoms with Crippen molar-refractivity contribution < 1.29 is 18.7 Å². The van der Waals surface area contributed by atoms with Crippen LogP contribution in [0.5, 0.6) is 11.5 Å². The standard InChI is InChI=1S/C13H9BrO4/c14-9-3-4-18-13(9)12(15)8-1-2-10-11(7-8)17-6-5-16-10/h1-4,7H,5-6H2. The fourth-order valence-corrected chi connectivity index (χ4v) is 2.15. The molecule has 0 bridgehead atoms. The van der Waals surface area contributed by atoms with Crippen LogP contribution in [0.1, 0.15) is 16.1 Å². The fourth-order valence-electron chi connectivity index (χ4n) is 1.77. The molecule has 0 spiro atoms. The average molecular weight is 309 g/mol. The summed E-state index contributed by atoms with van der Waals surface area (Å²) in [5.74, 6) is 1.35. The van der Waals surface area contributed by atoms with Gasteiger partial charge < -0.3 is 13.9 Å². The lowest BCUT2D eigenvalue weighted by Crippen LogP contribution is -2.15. The Morgan fingerprint density at radius 1 is 1.11 bits per heavy atom. The van der Waals surface area contributed by atoms with Crippen molar-refractivity contribution in [2.45, 2.75) is 0 Å². The highest BCUT2D eigenvalue weighted by Crippen LogP contribution is 2.32. The molecule has 2 heterocycles. The highest BCUT2D eigenvalue weighted by atomic mass is 79.9. The molecule has 0 aliphatic carbocycles. The van der Waals surface area contributed by atoms with Crippen molar-refractivity contribution in [3.8, 4) is 11.5 Å². The van der Waals surface area contributed by atoms with E-state index < -0.39 is 0 Å². The summed E-state index contributed by atoms with van der Waals surface area (Å²) in [6, 6.07) is 6.79. The third-order valence-electron chi connectivity index (χ3n) is 2.63. The molecular weight excluding hydrogens is 300 g/mol. The third-order valence-corrected chi connectivity index (χ3v) is 3.25. The molecule has 2 aromatic rings. The molecule has 1 aliphatic heterocycles. The summed E-state index contributed by atoms with van der Waals surface area (Å²) in [5, 5.41) is 0. The molecule has 0 radical (unpaired) electrons. The summed E-state index contributed by atoms with van der Waals surface area (Å²) < 4.78 is 16.6. The molecule has 0 unspecified atom stereocenters. The van der Waals surface area contributed by atoms with Gasteiger partial charge in [0.15, 0.2) is 17.3 Å². The molecule has 0 saturated carbocycles. The summed E-state index contributed by atoms with van der Waals surface area (Å²) in [6.07, 6.45) is 1.47. The van der Waals surface area contributed by atoms with Crippen molar-refractivity contribution in [2.24, 2.45) is 0 Å². The van der Waals surface area contributed by atoms with Crippen LogP contribution in [0.15, 0.2) is 39.4 Å². The van der Waals surface area contributed by atoms with Gasteiger partial charge in [-0.2, -0.15) is 0 Å². The Morgan fingerprint density at radius 3 is 2.61 bits per heavy atom. The van der Waals surface area contributed by atoms with Crippen molar-refractivity contribution in [3.05, 3.63) is 46.3 Å². The summed E-state index contributed by atoms with van der Waals surface area (Å²) in [4.78, 5) is 12.2. The van der Waals surface area contributed by atoms with E-state index in [-0.39, 0.29) is 11.5 Å². The van der Waals surface area contributed by atoms with Crippen molar-refractivity contribution >= 4 is 21.7 Å². The minimum absolute atomic E-state index is 0.191. The van der Waals surface area contributed by atoms with E-state index >= 15 is 0 Å². The van der Waals surface area contributed by atoms with Gasteiger partial charge in [-0.05, 0) is 40.2 Å². The van der Waals surface area contributed by atoms with Gasteiger partial charge in [0, 0.05) is 5.56 Å². The van der Waals surface area contributed by atoms with E-state index in [9.17, 15) is 4.79 Å². The lowest BCUT2D eigenvalue weighted by molar-refractivity contribution is 0.101. The largest absolute Gasteiger partial charge is 0.486 e. The molecule has 4 nitrogen and oxygen atoms in total. The van der Waals surface area contributed by atoms with Crippen LogP contribution in [0.25, 0.3) is 0 Å². The van der Waals surface area contributed by atoms with Crippen molar-refractivity contribution in [1.29, 1.82) is 0 Å². The second-order valence-electron chi connectivity index (χ2n) is 3.79. The summed E-state index contributed by atoms with van der Waals surface area (Å²) in [7, 11) is 0. The first-order valence-electron chi connectivity index (χ1n) is 5.43. The molecule has 1 aromatic carbocycles. The zero-order valence-corrected chi connectivity index (χ0v) is 10.9. The van der Waals surface area contributed by atoms with E-state index in [1.807, 2.05) is 0 Å². The Bertz CT molecular complexity index is 603. The molecular formula is C13H9BrO4. The minimum atomic E-state index is -0.191. The maximum atomic E-state index is 12.2. The van der Waals surface area contributed by atoms with Gasteiger partial charge in [0.25, 0.3) is 0 Å². The van der Waals surface area contributed by atoms with Crippen LogP contribution in [0.3, 0.4) is 0 Å². The van der Waals surface area contributed by atoms with Crippen LogP contribution in [0, 0.1) is 0 Å². The van der Waals surface area contributed by atoms with Crippen LogP contribution >= 0.6 is 15.9 Å². The predicted octanol–water partition coefficient (Wildman–Crippen LogP) is 3.04. The fraction of sp³-hybridized carbons (Fsp3) is 0.154. The van der Waals surface area contributed by atoms with Gasteiger partial charge in [0.05, 0.1) is 10.7 Å².